The minimum absolute atomic E-state index is 0.122. The van der Waals surface area contributed by atoms with Gasteiger partial charge >= 0.3 is 12.1 Å². The molecule has 0 unspecified atom stereocenters. The largest absolute Gasteiger partial charge is 0.467 e. The molecule has 0 spiro atoms. The van der Waals surface area contributed by atoms with Gasteiger partial charge in [-0.3, -0.25) is 0 Å². The van der Waals surface area contributed by atoms with E-state index in [-0.39, 0.29) is 6.61 Å². The second-order valence-corrected chi connectivity index (χ2v) is 6.03. The summed E-state index contributed by atoms with van der Waals surface area (Å²) in [4.78, 5) is 23.8. The van der Waals surface area contributed by atoms with Crippen LogP contribution in [0.2, 0.25) is 0 Å². The molecule has 0 radical (unpaired) electrons. The maximum Gasteiger partial charge on any atom is 0.408 e. The first-order valence-corrected chi connectivity index (χ1v) is 8.36. The average Bonchev–Trinajstić information content (AvgIpc) is 2.65. The van der Waals surface area contributed by atoms with E-state index in [0.717, 1.165) is 15.6 Å². The van der Waals surface area contributed by atoms with Crippen molar-refractivity contribution < 1.29 is 19.1 Å². The number of carbonyl (C=O) groups is 2. The summed E-state index contributed by atoms with van der Waals surface area (Å²) in [6.45, 7) is 0.122. The Bertz CT molecular complexity index is 729. The summed E-state index contributed by atoms with van der Waals surface area (Å²) in [7, 11) is 1.26. The number of nitrogens with one attached hydrogen (secondary N) is 1. The van der Waals surface area contributed by atoms with Crippen molar-refractivity contribution in [2.24, 2.45) is 0 Å². The highest BCUT2D eigenvalue weighted by atomic mass is 79.9. The first-order chi connectivity index (χ1) is 12.1. The monoisotopic (exact) mass is 403 g/mol. The number of carbonyl (C=O) groups excluding carboxylic acids is 2. The van der Waals surface area contributed by atoms with E-state index >= 15 is 0 Å². The summed E-state index contributed by atoms with van der Waals surface area (Å²) in [5, 5.41) is 2.49. The summed E-state index contributed by atoms with van der Waals surface area (Å²) in [5.74, 6) is -0.579. The molecule has 25 heavy (non-hydrogen) atoms. The van der Waals surface area contributed by atoms with Gasteiger partial charge in [0.05, 0.1) is 7.11 Å². The minimum atomic E-state index is -0.933. The Labute approximate surface area is 154 Å². The molecule has 130 valence electrons. The number of methoxy groups -OCH3 is 1. The fourth-order valence-electron chi connectivity index (χ4n) is 1.99. The zero-order chi connectivity index (χ0) is 18.1. The zero-order valence-corrected chi connectivity index (χ0v) is 15.2. The number of hydrogen-bond donors (Lipinski definition) is 1. The van der Waals surface area contributed by atoms with Crippen LogP contribution < -0.4 is 5.32 Å². The molecule has 0 aliphatic carbocycles. The van der Waals surface area contributed by atoms with Gasteiger partial charge < -0.3 is 14.8 Å². The van der Waals surface area contributed by atoms with Gasteiger partial charge in [0, 0.05) is 4.47 Å². The van der Waals surface area contributed by atoms with Crippen LogP contribution in [0.1, 0.15) is 11.1 Å². The highest BCUT2D eigenvalue weighted by molar-refractivity contribution is 9.10. The van der Waals surface area contributed by atoms with Crippen LogP contribution >= 0.6 is 15.9 Å². The molecule has 2 rings (SSSR count). The molecule has 0 saturated carbocycles. The third-order valence-corrected chi connectivity index (χ3v) is 3.82. The molecular weight excluding hydrogens is 386 g/mol. The maximum atomic E-state index is 11.9. The second kappa shape index (κ2) is 9.64. The van der Waals surface area contributed by atoms with Gasteiger partial charge in [0.15, 0.2) is 0 Å². The Hall–Kier alpha value is -2.60. The topological polar surface area (TPSA) is 64.6 Å². The Morgan fingerprint density at radius 2 is 1.80 bits per heavy atom. The molecule has 2 aromatic carbocycles. The van der Waals surface area contributed by atoms with E-state index in [0.29, 0.717) is 0 Å². The number of alkyl carbamates (subject to hydrolysis) is 1. The molecule has 0 heterocycles. The van der Waals surface area contributed by atoms with Crippen LogP contribution in [0.5, 0.6) is 0 Å². The number of benzene rings is 2. The third kappa shape index (κ3) is 6.43. The summed E-state index contributed by atoms with van der Waals surface area (Å²) >= 11 is 3.36. The fourth-order valence-corrected chi connectivity index (χ4v) is 2.25. The summed E-state index contributed by atoms with van der Waals surface area (Å²) in [6.07, 6.45) is 2.59. The third-order valence-electron chi connectivity index (χ3n) is 3.29. The van der Waals surface area contributed by atoms with Crippen LogP contribution in [0, 0.1) is 0 Å². The first kappa shape index (κ1) is 18.7. The van der Waals surface area contributed by atoms with E-state index in [9.17, 15) is 9.59 Å². The average molecular weight is 404 g/mol. The van der Waals surface area contributed by atoms with Crippen LogP contribution in [0.15, 0.2) is 65.1 Å². The molecule has 0 aromatic heterocycles. The lowest BCUT2D eigenvalue weighted by Gasteiger charge is -2.13. The van der Waals surface area contributed by atoms with Gasteiger partial charge in [-0.15, -0.1) is 0 Å². The van der Waals surface area contributed by atoms with Crippen LogP contribution in [-0.4, -0.2) is 25.2 Å². The van der Waals surface area contributed by atoms with Crippen molar-refractivity contribution in [1.29, 1.82) is 0 Å². The van der Waals surface area contributed by atoms with Gasteiger partial charge in [-0.25, -0.2) is 9.59 Å². The zero-order valence-electron chi connectivity index (χ0n) is 13.6. The summed E-state index contributed by atoms with van der Waals surface area (Å²) < 4.78 is 10.8. The Balaban J connectivity index is 1.96. The standard InChI is InChI=1S/C19H18BrNO4/c1-24-18(22)17(12-9-14-7-10-16(20)11-8-14)21-19(23)25-13-15-5-3-2-4-6-15/h2-12,17H,13H2,1H3,(H,21,23)/b12-9+/t17-/m0/s1. The number of hydrogen-bond acceptors (Lipinski definition) is 4. The van der Waals surface area contributed by atoms with E-state index in [2.05, 4.69) is 21.2 Å². The molecule has 0 bridgehead atoms. The molecule has 5 nitrogen and oxygen atoms in total. The smallest absolute Gasteiger partial charge is 0.408 e. The first-order valence-electron chi connectivity index (χ1n) is 7.57. The highest BCUT2D eigenvalue weighted by Gasteiger charge is 2.19. The van der Waals surface area contributed by atoms with Gasteiger partial charge in [0.25, 0.3) is 0 Å². The lowest BCUT2D eigenvalue weighted by Crippen LogP contribution is -2.40. The van der Waals surface area contributed by atoms with Crippen molar-refractivity contribution in [3.8, 4) is 0 Å². The number of amides is 1. The maximum absolute atomic E-state index is 11.9. The predicted octanol–water partition coefficient (Wildman–Crippen LogP) is 3.93. The molecule has 2 aromatic rings. The van der Waals surface area contributed by atoms with E-state index < -0.39 is 18.1 Å². The normalized spacial score (nSPS) is 11.8. The lowest BCUT2D eigenvalue weighted by molar-refractivity contribution is -0.141. The molecule has 1 N–H and O–H groups in total. The Morgan fingerprint density at radius 1 is 1.12 bits per heavy atom. The molecule has 6 heteroatoms. The van der Waals surface area contributed by atoms with Gasteiger partial charge in [-0.2, -0.15) is 0 Å². The number of ether oxygens (including phenoxy) is 2. The van der Waals surface area contributed by atoms with Crippen LogP contribution in [0.25, 0.3) is 6.08 Å². The van der Waals surface area contributed by atoms with E-state index in [1.807, 2.05) is 54.6 Å². The van der Waals surface area contributed by atoms with Gasteiger partial charge in [-0.05, 0) is 23.3 Å². The van der Waals surface area contributed by atoms with Crippen molar-refractivity contribution in [2.45, 2.75) is 12.6 Å². The minimum Gasteiger partial charge on any atom is -0.467 e. The van der Waals surface area contributed by atoms with Gasteiger partial charge in [0.2, 0.25) is 0 Å². The SMILES string of the molecule is COC(=O)[C@H](/C=C/c1ccc(Br)cc1)NC(=O)OCc1ccccc1. The Morgan fingerprint density at radius 3 is 2.44 bits per heavy atom. The second-order valence-electron chi connectivity index (χ2n) is 5.12. The lowest BCUT2D eigenvalue weighted by atomic mass is 10.1. The quantitative estimate of drug-likeness (QED) is 0.742. The fraction of sp³-hybridized carbons (Fsp3) is 0.158. The molecule has 0 fully saturated rings. The highest BCUT2D eigenvalue weighted by Crippen LogP contribution is 2.12. The van der Waals surface area contributed by atoms with E-state index in [1.165, 1.54) is 7.11 Å². The molecule has 0 saturated heterocycles. The molecular formula is C19H18BrNO4. The molecule has 0 aliphatic rings. The van der Waals surface area contributed by atoms with Gasteiger partial charge in [-0.1, -0.05) is 70.5 Å². The molecule has 0 aliphatic heterocycles. The van der Waals surface area contributed by atoms with Crippen LogP contribution in [-0.2, 0) is 20.9 Å². The van der Waals surface area contributed by atoms with Crippen LogP contribution in [0.3, 0.4) is 0 Å². The Kier molecular flexibility index (Phi) is 7.22. The van der Waals surface area contributed by atoms with Crippen molar-refractivity contribution in [3.63, 3.8) is 0 Å². The molecule has 1 atom stereocenters. The summed E-state index contributed by atoms with van der Waals surface area (Å²) in [6, 6.07) is 15.9. The van der Waals surface area contributed by atoms with Crippen LogP contribution in [0.4, 0.5) is 4.79 Å². The van der Waals surface area contributed by atoms with Crippen molar-refractivity contribution >= 4 is 34.1 Å². The molecule has 1 amide bonds. The number of halogens is 1. The van der Waals surface area contributed by atoms with Crippen molar-refractivity contribution in [2.75, 3.05) is 7.11 Å². The predicted molar refractivity (Wildman–Crippen MR) is 98.7 cm³/mol. The number of esters is 1. The van der Waals surface area contributed by atoms with E-state index in [1.54, 1.807) is 12.2 Å². The summed E-state index contributed by atoms with van der Waals surface area (Å²) in [5.41, 5.74) is 1.74. The van der Waals surface area contributed by atoms with Gasteiger partial charge in [0.1, 0.15) is 12.6 Å². The van der Waals surface area contributed by atoms with E-state index in [4.69, 9.17) is 9.47 Å². The van der Waals surface area contributed by atoms with Crippen molar-refractivity contribution in [3.05, 3.63) is 76.3 Å². The number of rotatable bonds is 6. The van der Waals surface area contributed by atoms with Crippen molar-refractivity contribution in [1.82, 2.24) is 5.32 Å².